The minimum absolute atomic E-state index is 0.269. The van der Waals surface area contributed by atoms with Crippen molar-refractivity contribution in [2.75, 3.05) is 29.9 Å². The lowest BCUT2D eigenvalue weighted by molar-refractivity contribution is -0.136. The van der Waals surface area contributed by atoms with Gasteiger partial charge in [-0.2, -0.15) is 5.26 Å². The fourth-order valence-electron chi connectivity index (χ4n) is 3.45. The number of rotatable bonds is 5. The molecular weight excluding hydrogens is 380 g/mol. The van der Waals surface area contributed by atoms with E-state index in [0.717, 1.165) is 25.9 Å². The van der Waals surface area contributed by atoms with Crippen LogP contribution in [0.25, 0.3) is 0 Å². The van der Waals surface area contributed by atoms with Crippen molar-refractivity contribution >= 4 is 23.3 Å². The minimum Gasteiger partial charge on any atom is -0.354 e. The summed E-state index contributed by atoms with van der Waals surface area (Å²) in [5.74, 6) is -0.0187. The first-order chi connectivity index (χ1) is 14.5. The number of hydrogen-bond donors (Lipinski definition) is 2. The first-order valence-electron chi connectivity index (χ1n) is 10.1. The highest BCUT2D eigenvalue weighted by Crippen LogP contribution is 2.23. The van der Waals surface area contributed by atoms with Crippen LogP contribution in [0.2, 0.25) is 0 Å². The monoisotopic (exact) mass is 406 g/mol. The fourth-order valence-corrected chi connectivity index (χ4v) is 3.45. The molecule has 0 aliphatic carbocycles. The quantitative estimate of drug-likeness (QED) is 0.738. The summed E-state index contributed by atoms with van der Waals surface area (Å²) in [6.45, 7) is 6.09. The van der Waals surface area contributed by atoms with E-state index in [1.165, 1.54) is 11.8 Å². The Hall–Kier alpha value is -3.47. The van der Waals surface area contributed by atoms with Crippen molar-refractivity contribution in [3.8, 4) is 6.07 Å². The number of anilines is 2. The molecule has 0 bridgehead atoms. The Morgan fingerprint density at radius 3 is 2.43 bits per heavy atom. The maximum Gasteiger partial charge on any atom is 0.313 e. The molecule has 0 unspecified atom stereocenters. The normalized spacial score (nSPS) is 14.3. The number of aromatic nitrogens is 2. The van der Waals surface area contributed by atoms with E-state index >= 15 is 0 Å². The van der Waals surface area contributed by atoms with Crippen molar-refractivity contribution in [1.82, 2.24) is 15.3 Å². The number of carbonyl (C=O) groups excluding carboxylic acids is 2. The van der Waals surface area contributed by atoms with Crippen molar-refractivity contribution in [1.29, 1.82) is 5.26 Å². The van der Waals surface area contributed by atoms with Crippen LogP contribution in [0.5, 0.6) is 0 Å². The average molecular weight is 406 g/mol. The predicted molar refractivity (Wildman–Crippen MR) is 114 cm³/mol. The van der Waals surface area contributed by atoms with E-state index in [1.807, 2.05) is 17.0 Å². The first kappa shape index (κ1) is 21.2. The number of carbonyl (C=O) groups is 2. The summed E-state index contributed by atoms with van der Waals surface area (Å²) in [6, 6.07) is 9.57. The van der Waals surface area contributed by atoms with Gasteiger partial charge in [0.25, 0.3) is 0 Å². The summed E-state index contributed by atoms with van der Waals surface area (Å²) in [5.41, 5.74) is 2.10. The van der Waals surface area contributed by atoms with Crippen LogP contribution >= 0.6 is 0 Å². The zero-order valence-electron chi connectivity index (χ0n) is 17.3. The number of nitrogens with one attached hydrogen (secondary N) is 2. The van der Waals surface area contributed by atoms with Gasteiger partial charge >= 0.3 is 11.8 Å². The summed E-state index contributed by atoms with van der Waals surface area (Å²) in [5, 5.41) is 14.5. The lowest BCUT2D eigenvalue weighted by Crippen LogP contribution is -2.42. The molecule has 0 radical (unpaired) electrons. The Balaban J connectivity index is 1.44. The smallest absolute Gasteiger partial charge is 0.313 e. The van der Waals surface area contributed by atoms with E-state index in [2.05, 4.69) is 40.5 Å². The molecule has 2 heterocycles. The maximum absolute atomic E-state index is 12.1. The molecule has 0 spiro atoms. The van der Waals surface area contributed by atoms with E-state index in [9.17, 15) is 14.9 Å². The van der Waals surface area contributed by atoms with Gasteiger partial charge in [0.1, 0.15) is 6.07 Å². The highest BCUT2D eigenvalue weighted by atomic mass is 16.2. The third kappa shape index (κ3) is 5.32. The molecule has 156 valence electrons. The molecule has 1 aliphatic rings. The van der Waals surface area contributed by atoms with Crippen LogP contribution in [0, 0.1) is 17.2 Å². The summed E-state index contributed by atoms with van der Waals surface area (Å²) in [7, 11) is 0. The van der Waals surface area contributed by atoms with E-state index in [-0.39, 0.29) is 5.92 Å². The number of hydrogen-bond acceptors (Lipinski definition) is 6. The number of piperidine rings is 1. The van der Waals surface area contributed by atoms with Gasteiger partial charge in [-0.3, -0.25) is 9.59 Å². The van der Waals surface area contributed by atoms with Crippen molar-refractivity contribution < 1.29 is 9.59 Å². The van der Waals surface area contributed by atoms with Gasteiger partial charge in [-0.05, 0) is 42.4 Å². The third-order valence-corrected chi connectivity index (χ3v) is 5.29. The summed E-state index contributed by atoms with van der Waals surface area (Å²) in [6.07, 6.45) is 4.76. The molecule has 2 aromatic rings. The van der Waals surface area contributed by atoms with E-state index in [4.69, 9.17) is 0 Å². The van der Waals surface area contributed by atoms with Gasteiger partial charge in [0, 0.05) is 37.7 Å². The molecule has 1 aromatic carbocycles. The zero-order valence-corrected chi connectivity index (χ0v) is 17.3. The molecule has 2 amide bonds. The standard InChI is InChI=1S/C22H26N6O2/c1-15(2)17-3-5-18(6-4-17)27-22(30)21(29)26-14-16-7-11-28(12-8-16)20-19(13-23)24-9-10-25-20/h3-6,9-10,15-16H,7-8,11-12,14H2,1-2H3,(H,26,29)(H,27,30). The molecule has 0 atom stereocenters. The Labute approximate surface area is 176 Å². The van der Waals surface area contributed by atoms with Gasteiger partial charge in [0.15, 0.2) is 11.5 Å². The van der Waals surface area contributed by atoms with Gasteiger partial charge in [-0.1, -0.05) is 26.0 Å². The molecule has 30 heavy (non-hydrogen) atoms. The van der Waals surface area contributed by atoms with Crippen molar-refractivity contribution in [3.63, 3.8) is 0 Å². The molecule has 1 aliphatic heterocycles. The average Bonchev–Trinajstić information content (AvgIpc) is 2.78. The van der Waals surface area contributed by atoms with Gasteiger partial charge in [0.05, 0.1) is 0 Å². The highest BCUT2D eigenvalue weighted by Gasteiger charge is 2.23. The lowest BCUT2D eigenvalue weighted by Gasteiger charge is -2.32. The van der Waals surface area contributed by atoms with Gasteiger partial charge in [0.2, 0.25) is 0 Å². The van der Waals surface area contributed by atoms with Gasteiger partial charge < -0.3 is 15.5 Å². The highest BCUT2D eigenvalue weighted by molar-refractivity contribution is 6.39. The van der Waals surface area contributed by atoms with Crippen LogP contribution in [-0.2, 0) is 9.59 Å². The van der Waals surface area contributed by atoms with Crippen molar-refractivity contribution in [3.05, 3.63) is 47.9 Å². The SMILES string of the molecule is CC(C)c1ccc(NC(=O)C(=O)NCC2CCN(c3nccnc3C#N)CC2)cc1. The molecular formula is C22H26N6O2. The molecule has 2 N–H and O–H groups in total. The van der Waals surface area contributed by atoms with Crippen LogP contribution in [0.4, 0.5) is 11.5 Å². The Kier molecular flexibility index (Phi) is 6.96. The summed E-state index contributed by atoms with van der Waals surface area (Å²) < 4.78 is 0. The molecule has 1 fully saturated rings. The first-order valence-corrected chi connectivity index (χ1v) is 10.1. The predicted octanol–water partition coefficient (Wildman–Crippen LogP) is 2.44. The van der Waals surface area contributed by atoms with Crippen LogP contribution in [0.15, 0.2) is 36.7 Å². The second-order valence-electron chi connectivity index (χ2n) is 7.71. The lowest BCUT2D eigenvalue weighted by atomic mass is 9.96. The topological polar surface area (TPSA) is 111 Å². The number of amides is 2. The molecule has 1 saturated heterocycles. The largest absolute Gasteiger partial charge is 0.354 e. The molecule has 8 nitrogen and oxygen atoms in total. The Bertz CT molecular complexity index is 927. The number of nitriles is 1. The van der Waals surface area contributed by atoms with Crippen LogP contribution in [0.1, 0.15) is 43.9 Å². The van der Waals surface area contributed by atoms with Gasteiger partial charge in [-0.25, -0.2) is 9.97 Å². The second kappa shape index (κ2) is 9.83. The summed E-state index contributed by atoms with van der Waals surface area (Å²) in [4.78, 5) is 34.6. The van der Waals surface area contributed by atoms with E-state index < -0.39 is 11.8 Å². The Morgan fingerprint density at radius 2 is 1.80 bits per heavy atom. The molecule has 8 heteroatoms. The second-order valence-corrected chi connectivity index (χ2v) is 7.71. The summed E-state index contributed by atoms with van der Waals surface area (Å²) >= 11 is 0. The molecule has 1 aromatic heterocycles. The zero-order chi connectivity index (χ0) is 21.5. The molecule has 0 saturated carbocycles. The third-order valence-electron chi connectivity index (χ3n) is 5.29. The van der Waals surface area contributed by atoms with E-state index in [0.29, 0.717) is 29.7 Å². The van der Waals surface area contributed by atoms with Crippen molar-refractivity contribution in [2.24, 2.45) is 5.92 Å². The molecule has 3 rings (SSSR count). The minimum atomic E-state index is -0.664. The maximum atomic E-state index is 12.1. The Morgan fingerprint density at radius 1 is 1.13 bits per heavy atom. The fraction of sp³-hybridized carbons (Fsp3) is 0.409. The van der Waals surface area contributed by atoms with Crippen LogP contribution in [0.3, 0.4) is 0 Å². The van der Waals surface area contributed by atoms with Crippen LogP contribution < -0.4 is 15.5 Å². The van der Waals surface area contributed by atoms with Crippen molar-refractivity contribution in [2.45, 2.75) is 32.6 Å². The van der Waals surface area contributed by atoms with Gasteiger partial charge in [-0.15, -0.1) is 0 Å². The van der Waals surface area contributed by atoms with E-state index in [1.54, 1.807) is 18.3 Å². The number of nitrogens with zero attached hydrogens (tertiary/aromatic N) is 4. The van der Waals surface area contributed by atoms with Crippen LogP contribution in [-0.4, -0.2) is 41.4 Å². The number of benzene rings is 1.